The number of benzene rings is 2. The molecule has 0 saturated carbocycles. The molecular formula is C19H16ClFN2O2. The van der Waals surface area contributed by atoms with E-state index in [4.69, 9.17) is 16.0 Å². The molecule has 0 aliphatic carbocycles. The Kier molecular flexibility index (Phi) is 4.59. The molecule has 3 aromatic rings. The van der Waals surface area contributed by atoms with Gasteiger partial charge >= 0.3 is 0 Å². The third kappa shape index (κ3) is 3.72. The molecule has 0 spiro atoms. The van der Waals surface area contributed by atoms with Crippen molar-refractivity contribution in [1.29, 1.82) is 0 Å². The maximum absolute atomic E-state index is 13.2. The lowest BCUT2D eigenvalue weighted by molar-refractivity contribution is 0.0912. The zero-order chi connectivity index (χ0) is 18.0. The largest absolute Gasteiger partial charge is 0.444 e. The van der Waals surface area contributed by atoms with Gasteiger partial charge in [-0.15, -0.1) is 0 Å². The van der Waals surface area contributed by atoms with E-state index in [1.165, 1.54) is 18.5 Å². The van der Waals surface area contributed by atoms with Gasteiger partial charge in [0.05, 0.1) is 11.7 Å². The Morgan fingerprint density at radius 1 is 1.20 bits per heavy atom. The molecule has 1 heterocycles. The number of carbonyl (C=O) groups excluding carboxylic acids is 1. The van der Waals surface area contributed by atoms with Crippen LogP contribution in [-0.2, 0) is 5.54 Å². The van der Waals surface area contributed by atoms with Gasteiger partial charge in [-0.25, -0.2) is 9.37 Å². The molecule has 0 saturated heterocycles. The van der Waals surface area contributed by atoms with Crippen molar-refractivity contribution in [2.75, 3.05) is 0 Å². The van der Waals surface area contributed by atoms with Crippen LogP contribution in [-0.4, -0.2) is 10.9 Å². The summed E-state index contributed by atoms with van der Waals surface area (Å²) in [5.41, 5.74) is 1.21. The number of oxazole rings is 1. The second-order valence-corrected chi connectivity index (χ2v) is 6.55. The van der Waals surface area contributed by atoms with Crippen molar-refractivity contribution in [3.8, 4) is 11.3 Å². The Morgan fingerprint density at radius 3 is 2.52 bits per heavy atom. The Balaban J connectivity index is 1.79. The number of rotatable bonds is 4. The molecule has 4 nitrogen and oxygen atoms in total. The number of hydrogen-bond donors (Lipinski definition) is 1. The van der Waals surface area contributed by atoms with Crippen molar-refractivity contribution in [1.82, 2.24) is 10.3 Å². The second-order valence-electron chi connectivity index (χ2n) is 6.15. The van der Waals surface area contributed by atoms with Gasteiger partial charge in [0, 0.05) is 16.1 Å². The predicted molar refractivity (Wildman–Crippen MR) is 93.8 cm³/mol. The fraction of sp³-hybridized carbons (Fsp3) is 0.158. The lowest BCUT2D eigenvalue weighted by Crippen LogP contribution is -2.41. The minimum atomic E-state index is -0.758. The summed E-state index contributed by atoms with van der Waals surface area (Å²) in [5, 5.41) is 3.19. The van der Waals surface area contributed by atoms with Gasteiger partial charge in [0.15, 0.2) is 12.2 Å². The summed E-state index contributed by atoms with van der Waals surface area (Å²) < 4.78 is 18.5. The third-order valence-corrected chi connectivity index (χ3v) is 4.21. The predicted octanol–water partition coefficient (Wildman–Crippen LogP) is 4.80. The highest BCUT2D eigenvalue weighted by Crippen LogP contribution is 2.29. The maximum atomic E-state index is 13.2. The molecule has 0 radical (unpaired) electrons. The normalized spacial score (nSPS) is 11.4. The first kappa shape index (κ1) is 17.2. The van der Waals surface area contributed by atoms with Crippen LogP contribution in [0.1, 0.15) is 29.8 Å². The minimum absolute atomic E-state index is 0.255. The summed E-state index contributed by atoms with van der Waals surface area (Å²) in [4.78, 5) is 16.4. The van der Waals surface area contributed by atoms with Crippen molar-refractivity contribution in [2.24, 2.45) is 0 Å². The summed E-state index contributed by atoms with van der Waals surface area (Å²) in [6.45, 7) is 3.62. The molecular weight excluding hydrogens is 343 g/mol. The van der Waals surface area contributed by atoms with Crippen LogP contribution in [0, 0.1) is 5.82 Å². The van der Waals surface area contributed by atoms with E-state index in [1.54, 1.807) is 36.5 Å². The first-order chi connectivity index (χ1) is 11.9. The molecule has 0 fully saturated rings. The van der Waals surface area contributed by atoms with E-state index in [-0.39, 0.29) is 10.9 Å². The molecule has 1 amide bonds. The molecule has 3 rings (SSSR count). The number of amides is 1. The van der Waals surface area contributed by atoms with E-state index < -0.39 is 11.4 Å². The van der Waals surface area contributed by atoms with Crippen LogP contribution in [0.2, 0.25) is 5.02 Å². The number of carbonyl (C=O) groups is 1. The van der Waals surface area contributed by atoms with Gasteiger partial charge in [0.1, 0.15) is 5.82 Å². The molecule has 0 bridgehead atoms. The van der Waals surface area contributed by atoms with Crippen molar-refractivity contribution in [3.05, 3.63) is 77.0 Å². The van der Waals surface area contributed by atoms with Gasteiger partial charge in [-0.05, 0) is 43.7 Å². The van der Waals surface area contributed by atoms with Crippen LogP contribution in [0.5, 0.6) is 0 Å². The highest BCUT2D eigenvalue weighted by Gasteiger charge is 2.26. The van der Waals surface area contributed by atoms with E-state index >= 15 is 0 Å². The van der Waals surface area contributed by atoms with Gasteiger partial charge in [0.25, 0.3) is 5.91 Å². The summed E-state index contributed by atoms with van der Waals surface area (Å²) >= 11 is 6.11. The Hall–Kier alpha value is -2.66. The lowest BCUT2D eigenvalue weighted by Gasteiger charge is -2.28. The van der Waals surface area contributed by atoms with Crippen LogP contribution in [0.15, 0.2) is 59.5 Å². The van der Waals surface area contributed by atoms with Crippen LogP contribution in [0.25, 0.3) is 11.3 Å². The summed E-state index contributed by atoms with van der Waals surface area (Å²) in [7, 11) is 0. The Labute approximate surface area is 149 Å². The maximum Gasteiger partial charge on any atom is 0.251 e. The number of nitrogens with zero attached hydrogens (tertiary/aromatic N) is 1. The molecule has 0 atom stereocenters. The molecule has 0 aliphatic heterocycles. The lowest BCUT2D eigenvalue weighted by atomic mass is 9.93. The molecule has 1 N–H and O–H groups in total. The SMILES string of the molecule is CC(C)(NC(=O)c1ccc(-c2cnco2)cc1)c1ccc(F)cc1Cl. The Morgan fingerprint density at radius 2 is 1.92 bits per heavy atom. The smallest absolute Gasteiger partial charge is 0.251 e. The molecule has 1 aromatic heterocycles. The molecule has 128 valence electrons. The van der Waals surface area contributed by atoms with Gasteiger partial charge in [-0.3, -0.25) is 4.79 Å². The van der Waals surface area contributed by atoms with Gasteiger partial charge in [-0.2, -0.15) is 0 Å². The topological polar surface area (TPSA) is 55.1 Å². The Bertz CT molecular complexity index is 890. The first-order valence-corrected chi connectivity index (χ1v) is 8.01. The molecule has 2 aromatic carbocycles. The molecule has 0 aliphatic rings. The standard InChI is InChI=1S/C19H16ClFN2O2/c1-19(2,15-8-7-14(21)9-16(15)20)23-18(24)13-5-3-12(4-6-13)17-10-22-11-25-17/h3-11H,1-2H3,(H,23,24). The monoisotopic (exact) mass is 358 g/mol. The van der Waals surface area contributed by atoms with E-state index in [2.05, 4.69) is 10.3 Å². The summed E-state index contributed by atoms with van der Waals surface area (Å²) in [5.74, 6) is -0.0428. The van der Waals surface area contributed by atoms with Crippen molar-refractivity contribution in [2.45, 2.75) is 19.4 Å². The van der Waals surface area contributed by atoms with E-state index in [0.717, 1.165) is 5.56 Å². The fourth-order valence-electron chi connectivity index (χ4n) is 2.56. The average Bonchev–Trinajstić information content (AvgIpc) is 3.08. The second kappa shape index (κ2) is 6.69. The van der Waals surface area contributed by atoms with Gasteiger partial charge in [0.2, 0.25) is 0 Å². The molecule has 0 unspecified atom stereocenters. The van der Waals surface area contributed by atoms with E-state index in [9.17, 15) is 9.18 Å². The average molecular weight is 359 g/mol. The number of hydrogen-bond acceptors (Lipinski definition) is 3. The number of nitrogens with one attached hydrogen (secondary N) is 1. The minimum Gasteiger partial charge on any atom is -0.444 e. The van der Waals surface area contributed by atoms with E-state index in [0.29, 0.717) is 16.9 Å². The highest BCUT2D eigenvalue weighted by atomic mass is 35.5. The fourth-order valence-corrected chi connectivity index (χ4v) is 2.97. The van der Waals surface area contributed by atoms with Crippen LogP contribution in [0.4, 0.5) is 4.39 Å². The van der Waals surface area contributed by atoms with Crippen LogP contribution >= 0.6 is 11.6 Å². The molecule has 25 heavy (non-hydrogen) atoms. The zero-order valence-electron chi connectivity index (χ0n) is 13.7. The van der Waals surface area contributed by atoms with Crippen molar-refractivity contribution >= 4 is 17.5 Å². The highest BCUT2D eigenvalue weighted by molar-refractivity contribution is 6.31. The van der Waals surface area contributed by atoms with Crippen molar-refractivity contribution in [3.63, 3.8) is 0 Å². The first-order valence-electron chi connectivity index (χ1n) is 7.64. The molecule has 6 heteroatoms. The summed E-state index contributed by atoms with van der Waals surface area (Å²) in [6.07, 6.45) is 2.96. The van der Waals surface area contributed by atoms with Gasteiger partial charge in [-0.1, -0.05) is 29.8 Å². The van der Waals surface area contributed by atoms with Crippen LogP contribution in [0.3, 0.4) is 0 Å². The summed E-state index contributed by atoms with van der Waals surface area (Å²) in [6, 6.07) is 11.1. The van der Waals surface area contributed by atoms with Crippen LogP contribution < -0.4 is 5.32 Å². The van der Waals surface area contributed by atoms with E-state index in [1.807, 2.05) is 13.8 Å². The van der Waals surface area contributed by atoms with Crippen molar-refractivity contribution < 1.29 is 13.6 Å². The quantitative estimate of drug-likeness (QED) is 0.728. The number of halogens is 2. The zero-order valence-corrected chi connectivity index (χ0v) is 14.5. The van der Waals surface area contributed by atoms with Gasteiger partial charge < -0.3 is 9.73 Å². The third-order valence-electron chi connectivity index (χ3n) is 3.89. The number of aromatic nitrogens is 1.